The first kappa shape index (κ1) is 39.8. The van der Waals surface area contributed by atoms with Gasteiger partial charge in [0.1, 0.15) is 5.82 Å². The molecule has 0 spiro atoms. The zero-order chi connectivity index (χ0) is 38.5. The smallest absolute Gasteiger partial charge is 0.247 e. The molecule has 54 heavy (non-hydrogen) atoms. The third-order valence-electron chi connectivity index (χ3n) is 8.88. The Balaban J connectivity index is 0.000000208. The quantitative estimate of drug-likeness (QED) is 0.164. The summed E-state index contributed by atoms with van der Waals surface area (Å²) in [5.74, 6) is 1.92. The number of hydrogen-bond acceptors (Lipinski definition) is 8. The van der Waals surface area contributed by atoms with Crippen molar-refractivity contribution in [1.82, 2.24) is 9.80 Å². The molecule has 12 heteroatoms. The summed E-state index contributed by atoms with van der Waals surface area (Å²) in [5.41, 5.74) is 4.76. The average Bonchev–Trinajstić information content (AvgIpc) is 3.22. The lowest BCUT2D eigenvalue weighted by atomic mass is 9.96. The highest BCUT2D eigenvalue weighted by Crippen LogP contribution is 2.35. The largest absolute Gasteiger partial charge is 0.493 e. The fourth-order valence-corrected chi connectivity index (χ4v) is 6.06. The summed E-state index contributed by atoms with van der Waals surface area (Å²) in [4.78, 5) is 29.1. The minimum absolute atomic E-state index is 0.0435. The average molecular weight is 759 g/mol. The molecule has 0 aromatic heterocycles. The van der Waals surface area contributed by atoms with Gasteiger partial charge in [-0.3, -0.25) is 9.59 Å². The Morgan fingerprint density at radius 3 is 1.28 bits per heavy atom. The first-order chi connectivity index (χ1) is 26.2. The standard InChI is InChI=1S/C21H22ClNO4.C21H22FNO4/c2*1-25-19-8-5-16(13-20(19)26-2)18(15-3-6-17(22)7-4-15)14-21(24)23-9-11-27-12-10-23/h2*3-8,13-14H,9-12H2,1-2H3. The van der Waals surface area contributed by atoms with Gasteiger partial charge in [0.25, 0.3) is 0 Å². The van der Waals surface area contributed by atoms with E-state index in [0.717, 1.165) is 27.8 Å². The van der Waals surface area contributed by atoms with Gasteiger partial charge >= 0.3 is 0 Å². The number of hydrogen-bond donors (Lipinski definition) is 0. The Kier molecular flexibility index (Phi) is 14.5. The lowest BCUT2D eigenvalue weighted by Crippen LogP contribution is -2.39. The number of rotatable bonds is 10. The van der Waals surface area contributed by atoms with Gasteiger partial charge in [-0.25, -0.2) is 4.39 Å². The molecule has 0 bridgehead atoms. The van der Waals surface area contributed by atoms with E-state index in [1.165, 1.54) is 12.1 Å². The van der Waals surface area contributed by atoms with Crippen molar-refractivity contribution in [2.75, 3.05) is 81.0 Å². The van der Waals surface area contributed by atoms with Gasteiger partial charge in [-0.2, -0.15) is 0 Å². The van der Waals surface area contributed by atoms with Gasteiger partial charge < -0.3 is 38.2 Å². The number of ether oxygens (including phenoxy) is 6. The van der Waals surface area contributed by atoms with E-state index in [1.54, 1.807) is 74.7 Å². The van der Waals surface area contributed by atoms with Crippen LogP contribution in [0.4, 0.5) is 4.39 Å². The van der Waals surface area contributed by atoms with Crippen LogP contribution >= 0.6 is 11.6 Å². The van der Waals surface area contributed by atoms with Crippen molar-refractivity contribution in [1.29, 1.82) is 0 Å². The second kappa shape index (κ2) is 19.6. The SMILES string of the molecule is COc1ccc(C(=CC(=O)N2CCOCC2)c2ccc(Cl)cc2)cc1OC.COc1ccc(C(=CC(=O)N2CCOCC2)c2ccc(F)cc2)cc1OC. The predicted molar refractivity (Wildman–Crippen MR) is 206 cm³/mol. The van der Waals surface area contributed by atoms with Crippen LogP contribution in [0, 0.1) is 5.82 Å². The Bertz CT molecular complexity index is 1800. The predicted octanol–water partition coefficient (Wildman–Crippen LogP) is 6.78. The first-order valence-corrected chi connectivity index (χ1v) is 17.8. The van der Waals surface area contributed by atoms with E-state index in [4.69, 9.17) is 40.0 Å². The summed E-state index contributed by atoms with van der Waals surface area (Å²) in [6.07, 6.45) is 3.25. The monoisotopic (exact) mass is 758 g/mol. The van der Waals surface area contributed by atoms with Crippen molar-refractivity contribution in [2.24, 2.45) is 0 Å². The Hall–Kier alpha value is -5.36. The van der Waals surface area contributed by atoms with Gasteiger partial charge in [0.15, 0.2) is 23.0 Å². The molecule has 0 saturated carbocycles. The van der Waals surface area contributed by atoms with Crippen LogP contribution in [-0.4, -0.2) is 103 Å². The number of carbonyl (C=O) groups is 2. The summed E-state index contributed by atoms with van der Waals surface area (Å²) >= 11 is 6.03. The number of carbonyl (C=O) groups excluding carboxylic acids is 2. The topological polar surface area (TPSA) is 96.0 Å². The van der Waals surface area contributed by atoms with E-state index in [9.17, 15) is 14.0 Å². The molecule has 0 atom stereocenters. The number of nitrogens with zero attached hydrogens (tertiary/aromatic N) is 2. The van der Waals surface area contributed by atoms with Gasteiger partial charge in [0.05, 0.1) is 54.9 Å². The summed E-state index contributed by atoms with van der Waals surface area (Å²) in [6.45, 7) is 4.47. The van der Waals surface area contributed by atoms with Crippen LogP contribution < -0.4 is 18.9 Å². The normalized spacial score (nSPS) is 14.8. The van der Waals surface area contributed by atoms with Gasteiger partial charge in [0, 0.05) is 43.4 Å². The van der Waals surface area contributed by atoms with E-state index in [-0.39, 0.29) is 17.6 Å². The van der Waals surface area contributed by atoms with Crippen molar-refractivity contribution >= 4 is 34.6 Å². The summed E-state index contributed by atoms with van der Waals surface area (Å²) in [5, 5.41) is 0.643. The molecule has 2 aliphatic heterocycles. The molecule has 0 unspecified atom stereocenters. The number of methoxy groups -OCH3 is 4. The molecule has 4 aromatic carbocycles. The minimum atomic E-state index is -0.329. The highest BCUT2D eigenvalue weighted by molar-refractivity contribution is 6.30. The number of amides is 2. The Labute approximate surface area is 320 Å². The molecule has 0 radical (unpaired) electrons. The molecule has 2 saturated heterocycles. The van der Waals surface area contributed by atoms with Crippen LogP contribution in [0.2, 0.25) is 5.02 Å². The summed E-state index contributed by atoms with van der Waals surface area (Å²) in [7, 11) is 6.31. The molecule has 0 N–H and O–H groups in total. The first-order valence-electron chi connectivity index (χ1n) is 17.4. The van der Waals surface area contributed by atoms with Crippen molar-refractivity contribution < 1.29 is 42.4 Å². The molecule has 2 heterocycles. The molecule has 2 aliphatic rings. The highest BCUT2D eigenvalue weighted by atomic mass is 35.5. The van der Waals surface area contributed by atoms with Crippen molar-refractivity contribution in [2.45, 2.75) is 0 Å². The zero-order valence-electron chi connectivity index (χ0n) is 30.8. The number of halogens is 2. The van der Waals surface area contributed by atoms with Crippen LogP contribution in [0.5, 0.6) is 23.0 Å². The van der Waals surface area contributed by atoms with Crippen LogP contribution in [0.25, 0.3) is 11.1 Å². The van der Waals surface area contributed by atoms with Crippen molar-refractivity contribution in [3.8, 4) is 23.0 Å². The van der Waals surface area contributed by atoms with Crippen LogP contribution in [0.1, 0.15) is 22.3 Å². The van der Waals surface area contributed by atoms with Gasteiger partial charge in [-0.1, -0.05) is 48.0 Å². The lowest BCUT2D eigenvalue weighted by Gasteiger charge is -2.26. The molecule has 10 nitrogen and oxygen atoms in total. The number of benzene rings is 4. The van der Waals surface area contributed by atoms with Crippen LogP contribution in [0.3, 0.4) is 0 Å². The van der Waals surface area contributed by atoms with Crippen molar-refractivity contribution in [3.63, 3.8) is 0 Å². The van der Waals surface area contributed by atoms with E-state index in [2.05, 4.69) is 0 Å². The molecule has 284 valence electrons. The number of morpholine rings is 2. The van der Waals surface area contributed by atoms with Crippen LogP contribution in [0.15, 0.2) is 97.1 Å². The highest BCUT2D eigenvalue weighted by Gasteiger charge is 2.20. The van der Waals surface area contributed by atoms with E-state index < -0.39 is 0 Å². The maximum Gasteiger partial charge on any atom is 0.247 e. The third kappa shape index (κ3) is 10.4. The van der Waals surface area contributed by atoms with E-state index in [0.29, 0.717) is 86.2 Å². The molecular weight excluding hydrogens is 715 g/mol. The molecule has 6 rings (SSSR count). The minimum Gasteiger partial charge on any atom is -0.493 e. The molecular formula is C42H44ClFN2O8. The molecule has 2 amide bonds. The van der Waals surface area contributed by atoms with Crippen molar-refractivity contribution in [3.05, 3.63) is 130 Å². The van der Waals surface area contributed by atoms with E-state index in [1.807, 2.05) is 48.5 Å². The second-order valence-corrected chi connectivity index (χ2v) is 12.6. The van der Waals surface area contributed by atoms with Gasteiger partial charge in [0.2, 0.25) is 11.8 Å². The molecule has 0 aliphatic carbocycles. The fraction of sp³-hybridized carbons (Fsp3) is 0.286. The lowest BCUT2D eigenvalue weighted by molar-refractivity contribution is -0.130. The van der Waals surface area contributed by atoms with Crippen LogP contribution in [-0.2, 0) is 19.1 Å². The zero-order valence-corrected chi connectivity index (χ0v) is 31.6. The maximum absolute atomic E-state index is 13.4. The fourth-order valence-electron chi connectivity index (χ4n) is 5.93. The van der Waals surface area contributed by atoms with E-state index >= 15 is 0 Å². The second-order valence-electron chi connectivity index (χ2n) is 12.1. The maximum atomic E-state index is 13.4. The Morgan fingerprint density at radius 1 is 0.556 bits per heavy atom. The molecule has 4 aromatic rings. The summed E-state index contributed by atoms with van der Waals surface area (Å²) in [6, 6.07) is 24.5. The van der Waals surface area contributed by atoms with Gasteiger partial charge in [-0.05, 0) is 81.9 Å². The van der Waals surface area contributed by atoms with Gasteiger partial charge in [-0.15, -0.1) is 0 Å². The third-order valence-corrected chi connectivity index (χ3v) is 9.13. The summed E-state index contributed by atoms with van der Waals surface area (Å²) < 4.78 is 45.4. The molecule has 2 fully saturated rings. The Morgan fingerprint density at radius 2 is 0.907 bits per heavy atom.